The molecule has 6 heteroatoms. The van der Waals surface area contributed by atoms with Gasteiger partial charge in [-0.05, 0) is 234 Å². The monoisotopic (exact) mass is 1200 g/mol. The molecule has 0 atom stereocenters. The number of anilines is 9. The Bertz CT molecular complexity index is 4760. The van der Waals surface area contributed by atoms with E-state index >= 15 is 0 Å². The molecule has 0 radical (unpaired) electrons. The number of hydrogen-bond donors (Lipinski definition) is 0. The van der Waals surface area contributed by atoms with Crippen LogP contribution in [-0.2, 0) is 21.7 Å². The molecule has 456 valence electrons. The number of rotatable bonds is 7. The number of aromatic nitrogens is 2. The van der Waals surface area contributed by atoms with Gasteiger partial charge in [0.05, 0.1) is 33.4 Å². The second kappa shape index (κ2) is 21.0. The molecule has 0 saturated heterocycles. The molecule has 0 N–H and O–H groups in total. The Labute approximate surface area is 545 Å². The Kier molecular flexibility index (Phi) is 13.4. The Morgan fingerprint density at radius 1 is 0.293 bits per heavy atom. The van der Waals surface area contributed by atoms with Crippen molar-refractivity contribution >= 4 is 118 Å². The van der Waals surface area contributed by atoms with Crippen LogP contribution in [-0.4, -0.2) is 15.8 Å². The fourth-order valence-electron chi connectivity index (χ4n) is 14.8. The van der Waals surface area contributed by atoms with Gasteiger partial charge in [0.2, 0.25) is 0 Å². The third-order valence-electron chi connectivity index (χ3n) is 19.9. The van der Waals surface area contributed by atoms with Gasteiger partial charge in [0.25, 0.3) is 6.71 Å². The molecule has 5 nitrogen and oxygen atoms in total. The molecular weight excluding hydrogens is 1110 g/mol. The van der Waals surface area contributed by atoms with Crippen molar-refractivity contribution in [1.82, 2.24) is 9.13 Å². The molecule has 0 amide bonds. The van der Waals surface area contributed by atoms with Crippen LogP contribution in [0, 0.1) is 27.7 Å². The van der Waals surface area contributed by atoms with Gasteiger partial charge in [-0.15, -0.1) is 0 Å². The molecule has 0 saturated carbocycles. The van der Waals surface area contributed by atoms with Gasteiger partial charge in [0, 0.05) is 72.7 Å². The van der Waals surface area contributed by atoms with Crippen LogP contribution in [0.1, 0.15) is 128 Å². The van der Waals surface area contributed by atoms with Gasteiger partial charge in [-0.1, -0.05) is 178 Å². The largest absolute Gasteiger partial charge is 0.311 e. The van der Waals surface area contributed by atoms with Crippen LogP contribution in [0.2, 0.25) is 0 Å². The average molecular weight is 1200 g/mol. The van der Waals surface area contributed by atoms with Gasteiger partial charge in [0.1, 0.15) is 0 Å². The first-order chi connectivity index (χ1) is 43.8. The van der Waals surface area contributed by atoms with E-state index in [2.05, 4.69) is 353 Å². The van der Waals surface area contributed by atoms with Crippen molar-refractivity contribution in [3.05, 3.63) is 263 Å². The summed E-state index contributed by atoms with van der Waals surface area (Å²) in [5.74, 6) is 0. The maximum atomic E-state index is 2.58. The summed E-state index contributed by atoms with van der Waals surface area (Å²) in [7, 11) is 0. The highest BCUT2D eigenvalue weighted by Gasteiger charge is 2.45. The molecule has 13 aromatic rings. The van der Waals surface area contributed by atoms with Gasteiger partial charge >= 0.3 is 0 Å². The summed E-state index contributed by atoms with van der Waals surface area (Å²) in [6.45, 7) is 36.6. The van der Waals surface area contributed by atoms with Crippen LogP contribution < -0.4 is 31.1 Å². The van der Waals surface area contributed by atoms with Crippen molar-refractivity contribution in [2.45, 2.75) is 132 Å². The van der Waals surface area contributed by atoms with E-state index in [1.54, 1.807) is 0 Å². The highest BCUT2D eigenvalue weighted by Crippen LogP contribution is 2.52. The van der Waals surface area contributed by atoms with E-state index in [4.69, 9.17) is 0 Å². The fraction of sp³-hybridized carbons (Fsp3) is 0.233. The average Bonchev–Trinajstić information content (AvgIpc) is 0.935. The summed E-state index contributed by atoms with van der Waals surface area (Å²) in [5, 5.41) is 5.12. The minimum absolute atomic E-state index is 0.00328. The first-order valence-corrected chi connectivity index (χ1v) is 33.1. The number of aryl methyl sites for hydroxylation is 4. The van der Waals surface area contributed by atoms with Crippen LogP contribution in [0.5, 0.6) is 0 Å². The highest BCUT2D eigenvalue weighted by molar-refractivity contribution is 7.00. The second-order valence-electron chi connectivity index (χ2n) is 30.7. The first-order valence-electron chi connectivity index (χ1n) is 33.1. The van der Waals surface area contributed by atoms with E-state index in [1.165, 1.54) is 122 Å². The van der Waals surface area contributed by atoms with Gasteiger partial charge in [-0.3, -0.25) is 0 Å². The summed E-state index contributed by atoms with van der Waals surface area (Å²) >= 11 is 0. The smallest absolute Gasteiger partial charge is 0.252 e. The SMILES string of the molecule is Cc1ccc(N2c3ccc(C)cc3B3c4cc(C)ccc4N(c4ccc(C)cc4)c4c(N(c5ccc(-n6c7ccc(C(C)(C)C)cc7c7cc(C(C)(C)C)ccc76)cc5)c5ccc(-n6c7ccc(C(C)(C)C)cc7c7cc(C(C)(C)C)ccc76)cc5)ccc2c43)cc1. The Balaban J connectivity index is 0.997. The van der Waals surface area contributed by atoms with Gasteiger partial charge in [0.15, 0.2) is 0 Å². The first kappa shape index (κ1) is 58.8. The molecule has 0 aliphatic carbocycles. The summed E-state index contributed by atoms with van der Waals surface area (Å²) < 4.78 is 4.97. The molecule has 11 aromatic carbocycles. The molecule has 0 bridgehead atoms. The Morgan fingerprint density at radius 3 is 0.967 bits per heavy atom. The summed E-state index contributed by atoms with van der Waals surface area (Å²) in [6, 6.07) is 84.6. The quantitative estimate of drug-likeness (QED) is 0.148. The van der Waals surface area contributed by atoms with Crippen molar-refractivity contribution in [1.29, 1.82) is 0 Å². The van der Waals surface area contributed by atoms with Crippen LogP contribution >= 0.6 is 0 Å². The molecule has 92 heavy (non-hydrogen) atoms. The van der Waals surface area contributed by atoms with E-state index in [0.29, 0.717) is 0 Å². The molecule has 2 aliphatic rings. The summed E-state index contributed by atoms with van der Waals surface area (Å²) in [4.78, 5) is 7.64. The van der Waals surface area contributed by atoms with E-state index in [9.17, 15) is 0 Å². The van der Waals surface area contributed by atoms with E-state index < -0.39 is 0 Å². The van der Waals surface area contributed by atoms with E-state index in [1.807, 2.05) is 0 Å². The zero-order valence-corrected chi connectivity index (χ0v) is 56.6. The van der Waals surface area contributed by atoms with E-state index in [0.717, 1.165) is 45.5 Å². The third-order valence-corrected chi connectivity index (χ3v) is 19.9. The third kappa shape index (κ3) is 9.66. The molecule has 4 heterocycles. The number of fused-ring (bicyclic) bond motifs is 10. The van der Waals surface area contributed by atoms with Gasteiger partial charge in [-0.25, -0.2) is 0 Å². The highest BCUT2D eigenvalue weighted by atomic mass is 15.2. The molecule has 2 aliphatic heterocycles. The number of hydrogen-bond acceptors (Lipinski definition) is 3. The molecule has 15 rings (SSSR count). The van der Waals surface area contributed by atoms with Crippen LogP contribution in [0.4, 0.5) is 51.2 Å². The molecule has 0 fully saturated rings. The van der Waals surface area contributed by atoms with Crippen molar-refractivity contribution in [3.63, 3.8) is 0 Å². The zero-order valence-electron chi connectivity index (χ0n) is 56.6. The topological polar surface area (TPSA) is 19.6 Å². The summed E-state index contributed by atoms with van der Waals surface area (Å²) in [5.41, 5.74) is 31.4. The number of benzene rings is 11. The zero-order chi connectivity index (χ0) is 64.2. The minimum atomic E-state index is -0.0689. The van der Waals surface area contributed by atoms with Gasteiger partial charge in [-0.2, -0.15) is 0 Å². The minimum Gasteiger partial charge on any atom is -0.311 e. The maximum absolute atomic E-state index is 2.58. The van der Waals surface area contributed by atoms with Crippen molar-refractivity contribution < 1.29 is 0 Å². The molecule has 0 spiro atoms. The molecule has 2 aromatic heterocycles. The fourth-order valence-corrected chi connectivity index (χ4v) is 14.8. The maximum Gasteiger partial charge on any atom is 0.252 e. The van der Waals surface area contributed by atoms with Crippen molar-refractivity contribution in [3.8, 4) is 11.4 Å². The lowest BCUT2D eigenvalue weighted by atomic mass is 9.33. The predicted molar refractivity (Wildman–Crippen MR) is 398 cm³/mol. The standard InChI is InChI=1S/C86H84BN5/c1-53-17-27-63(28-18-53)91-77-39-21-55(3)47-71(77)87-72-48-56(4)22-40-78(72)92(66-29-19-54(2)20-30-66)82-80(46-45-79(91)81(82)87)88(61-31-35-64(36-32-61)89-73-41-23-57(83(5,6)7)49-67(73)68-50-58(84(8,9)10)24-42-74(68)89)62-33-37-65(38-34-62)90-75-43-25-59(85(11,12)13)51-69(75)70-52-60(86(14,15)16)26-44-76(70)90/h17-52H,1-16H3. The second-order valence-corrected chi connectivity index (χ2v) is 30.7. The van der Waals surface area contributed by atoms with Crippen molar-refractivity contribution in [2.75, 3.05) is 14.7 Å². The lowest BCUT2D eigenvalue weighted by molar-refractivity contribution is 0.590. The molecule has 0 unspecified atom stereocenters. The normalized spacial score (nSPS) is 13.4. The molecular formula is C86H84BN5. The number of nitrogens with zero attached hydrogens (tertiary/aromatic N) is 5. The lowest BCUT2D eigenvalue weighted by Gasteiger charge is -2.46. The van der Waals surface area contributed by atoms with Crippen LogP contribution in [0.15, 0.2) is 218 Å². The van der Waals surface area contributed by atoms with Crippen LogP contribution in [0.25, 0.3) is 55.0 Å². The Morgan fingerprint density at radius 2 is 0.609 bits per heavy atom. The Hall–Kier alpha value is -9.52. The van der Waals surface area contributed by atoms with Crippen LogP contribution in [0.3, 0.4) is 0 Å². The lowest BCUT2D eigenvalue weighted by Crippen LogP contribution is -2.61. The predicted octanol–water partition coefficient (Wildman–Crippen LogP) is 21.9. The van der Waals surface area contributed by atoms with Crippen molar-refractivity contribution in [2.24, 2.45) is 0 Å². The van der Waals surface area contributed by atoms with Gasteiger partial charge < -0.3 is 23.8 Å². The summed E-state index contributed by atoms with van der Waals surface area (Å²) in [6.07, 6.45) is 0. The van der Waals surface area contributed by atoms with E-state index in [-0.39, 0.29) is 28.4 Å².